The van der Waals surface area contributed by atoms with Gasteiger partial charge in [-0.1, -0.05) is 172 Å². The fourth-order valence-corrected chi connectivity index (χ4v) is 21.8. The van der Waals surface area contributed by atoms with Gasteiger partial charge in [-0.2, -0.15) is 0 Å². The number of rotatable bonds is 9. The Morgan fingerprint density at radius 2 is 0.561 bits per heavy atom. The van der Waals surface area contributed by atoms with Crippen LogP contribution >= 0.6 is 23.8 Å². The fourth-order valence-electron chi connectivity index (χ4n) is 7.09. The average Bonchev–Trinajstić information content (AvgIpc) is 3.01. The van der Waals surface area contributed by atoms with Crippen molar-refractivity contribution in [3.8, 4) is 0 Å². The molecule has 5 aromatic carbocycles. The molecule has 2 fully saturated rings. The van der Waals surface area contributed by atoms with Gasteiger partial charge < -0.3 is 0 Å². The predicted molar refractivity (Wildman–Crippen MR) is 184 cm³/mol. The summed E-state index contributed by atoms with van der Waals surface area (Å²) in [4.78, 5) is 0.582. The minimum Gasteiger partial charge on any atom is -0.0622 e. The van der Waals surface area contributed by atoms with Crippen molar-refractivity contribution in [3.63, 3.8) is 0 Å². The summed E-state index contributed by atoms with van der Waals surface area (Å²) >= 11 is 0. The third-order valence-electron chi connectivity index (χ3n) is 9.05. The Morgan fingerprint density at radius 1 is 0.317 bits per heavy atom. The lowest BCUT2D eigenvalue weighted by molar-refractivity contribution is 0.432. The summed E-state index contributed by atoms with van der Waals surface area (Å²) in [5.41, 5.74) is 0. The maximum atomic E-state index is 2.50. The molecule has 0 saturated heterocycles. The molecule has 204 valence electrons. The van der Waals surface area contributed by atoms with E-state index in [1.54, 1.807) is 26.5 Å². The highest BCUT2D eigenvalue weighted by Gasteiger charge is 2.62. The molecule has 0 amide bonds. The van der Waals surface area contributed by atoms with Crippen LogP contribution in [0.15, 0.2) is 152 Å². The molecule has 41 heavy (non-hydrogen) atoms. The molecule has 0 bridgehead atoms. The molecule has 2 aliphatic carbocycles. The van der Waals surface area contributed by atoms with Gasteiger partial charge in [0, 0.05) is 9.79 Å². The van der Waals surface area contributed by atoms with Crippen LogP contribution in [0, 0.1) is 0 Å². The topological polar surface area (TPSA) is 0 Å². The van der Waals surface area contributed by atoms with Gasteiger partial charge in [0.1, 0.15) is 0 Å². The van der Waals surface area contributed by atoms with E-state index in [1.165, 1.54) is 38.5 Å². The SMILES string of the molecule is c1ccc(P(c2ccccc2)C2(P(c3ccccc3)C3(P(c4ccccc4)c4ccccc4)CCC3)CCC2)cc1. The van der Waals surface area contributed by atoms with Crippen molar-refractivity contribution in [2.75, 3.05) is 0 Å². The highest BCUT2D eigenvalue weighted by Crippen LogP contribution is 2.85. The van der Waals surface area contributed by atoms with Crippen molar-refractivity contribution in [3.05, 3.63) is 152 Å². The zero-order valence-corrected chi connectivity index (χ0v) is 26.2. The molecule has 0 unspecified atom stereocenters. The van der Waals surface area contributed by atoms with Gasteiger partial charge in [-0.05, 0) is 68.0 Å². The number of benzene rings is 5. The molecule has 2 aliphatic rings. The van der Waals surface area contributed by atoms with Crippen LogP contribution in [0.5, 0.6) is 0 Å². The third kappa shape index (κ3) is 4.94. The van der Waals surface area contributed by atoms with Gasteiger partial charge in [0.2, 0.25) is 0 Å². The molecule has 0 spiro atoms. The van der Waals surface area contributed by atoms with Gasteiger partial charge in [-0.15, -0.1) is 0 Å². The smallest absolute Gasteiger partial charge is 0.0235 e. The first-order valence-corrected chi connectivity index (χ1v) is 19.0. The van der Waals surface area contributed by atoms with Gasteiger partial charge in [0.25, 0.3) is 0 Å². The molecule has 0 atom stereocenters. The van der Waals surface area contributed by atoms with Crippen LogP contribution < -0.4 is 26.5 Å². The molecule has 5 aromatic rings. The minimum absolute atomic E-state index is 0.291. The van der Waals surface area contributed by atoms with Crippen LogP contribution in [0.1, 0.15) is 38.5 Å². The Kier molecular flexibility index (Phi) is 7.93. The van der Waals surface area contributed by atoms with Gasteiger partial charge >= 0.3 is 0 Å². The molecule has 2 saturated carbocycles. The Hall–Kier alpha value is -2.61. The quantitative estimate of drug-likeness (QED) is 0.152. The summed E-state index contributed by atoms with van der Waals surface area (Å²) in [7, 11) is -1.55. The normalized spacial score (nSPS) is 17.2. The lowest BCUT2D eigenvalue weighted by Gasteiger charge is -2.64. The summed E-state index contributed by atoms with van der Waals surface area (Å²) in [5, 5.41) is 7.83. The van der Waals surface area contributed by atoms with Gasteiger partial charge in [-0.25, -0.2) is 0 Å². The molecule has 0 aliphatic heterocycles. The second-order valence-electron chi connectivity index (χ2n) is 11.4. The van der Waals surface area contributed by atoms with Crippen molar-refractivity contribution in [1.82, 2.24) is 0 Å². The van der Waals surface area contributed by atoms with Crippen LogP contribution in [0.2, 0.25) is 0 Å². The van der Waals surface area contributed by atoms with Crippen molar-refractivity contribution in [1.29, 1.82) is 0 Å². The monoisotopic (exact) mass is 586 g/mol. The molecule has 0 radical (unpaired) electrons. The highest BCUT2D eigenvalue weighted by molar-refractivity contribution is 7.95. The summed E-state index contributed by atoms with van der Waals surface area (Å²) < 4.78 is 0. The first-order chi connectivity index (χ1) is 20.3. The van der Waals surface area contributed by atoms with E-state index in [0.29, 0.717) is 9.79 Å². The predicted octanol–water partition coefficient (Wildman–Crippen LogP) is 8.82. The van der Waals surface area contributed by atoms with Crippen molar-refractivity contribution in [2.45, 2.75) is 48.3 Å². The van der Waals surface area contributed by atoms with Gasteiger partial charge in [0.05, 0.1) is 0 Å². The van der Waals surface area contributed by atoms with E-state index < -0.39 is 23.8 Å². The molecule has 0 nitrogen and oxygen atoms in total. The van der Waals surface area contributed by atoms with E-state index in [9.17, 15) is 0 Å². The molecular weight excluding hydrogens is 549 g/mol. The van der Waals surface area contributed by atoms with Gasteiger partial charge in [0.15, 0.2) is 0 Å². The second kappa shape index (κ2) is 11.9. The first-order valence-electron chi connectivity index (χ1n) is 15.0. The lowest BCUT2D eigenvalue weighted by atomic mass is 9.97. The van der Waals surface area contributed by atoms with Crippen LogP contribution in [-0.2, 0) is 0 Å². The first kappa shape index (κ1) is 27.2. The van der Waals surface area contributed by atoms with E-state index in [-0.39, 0.29) is 0 Å². The summed E-state index contributed by atoms with van der Waals surface area (Å²) in [6.07, 6.45) is 8.01. The minimum atomic E-state index is -0.532. The third-order valence-corrected chi connectivity index (χ3v) is 20.6. The zero-order chi connectivity index (χ0) is 27.5. The Balaban J connectivity index is 1.49. The number of hydrogen-bond acceptors (Lipinski definition) is 0. The Bertz CT molecular complexity index is 1350. The molecule has 3 heteroatoms. The number of hydrogen-bond donors (Lipinski definition) is 0. The molecule has 0 aromatic heterocycles. The van der Waals surface area contributed by atoms with Crippen LogP contribution in [0.4, 0.5) is 0 Å². The summed E-state index contributed by atoms with van der Waals surface area (Å²) in [6.45, 7) is 0. The Labute approximate surface area is 249 Å². The molecule has 0 N–H and O–H groups in total. The van der Waals surface area contributed by atoms with Crippen LogP contribution in [0.25, 0.3) is 0 Å². The van der Waals surface area contributed by atoms with E-state index >= 15 is 0 Å². The summed E-state index contributed by atoms with van der Waals surface area (Å²) in [5.74, 6) is 0. The fraction of sp³-hybridized carbons (Fsp3) is 0.211. The van der Waals surface area contributed by atoms with Crippen molar-refractivity contribution < 1.29 is 0 Å². The standard InChI is InChI=1S/C38H37P3/c1-6-18-32(19-7-1)39(33-20-8-2-9-21-33)37(28-16-29-37)41(36-26-14-5-15-27-36)38(30-17-31-38)40(34-22-10-3-11-23-34)35-24-12-4-13-25-35/h1-15,18-27H,16-17,28-31H2. The largest absolute Gasteiger partial charge is 0.0622 e. The lowest BCUT2D eigenvalue weighted by Crippen LogP contribution is -2.51. The summed E-state index contributed by atoms with van der Waals surface area (Å²) in [6, 6.07) is 58.2. The van der Waals surface area contributed by atoms with E-state index in [1.807, 2.05) is 0 Å². The van der Waals surface area contributed by atoms with E-state index in [4.69, 9.17) is 0 Å². The van der Waals surface area contributed by atoms with E-state index in [0.717, 1.165) is 0 Å². The molecular formula is C38H37P3. The van der Waals surface area contributed by atoms with Crippen LogP contribution in [0.3, 0.4) is 0 Å². The maximum Gasteiger partial charge on any atom is 0.0235 e. The Morgan fingerprint density at radius 3 is 0.780 bits per heavy atom. The average molecular weight is 587 g/mol. The zero-order valence-electron chi connectivity index (χ0n) is 23.5. The molecule has 0 heterocycles. The van der Waals surface area contributed by atoms with E-state index in [2.05, 4.69) is 152 Å². The van der Waals surface area contributed by atoms with Crippen molar-refractivity contribution >= 4 is 50.3 Å². The highest BCUT2D eigenvalue weighted by atomic mass is 31.2. The van der Waals surface area contributed by atoms with Gasteiger partial charge in [-0.3, -0.25) is 0 Å². The second-order valence-corrected chi connectivity index (χ2v) is 20.1. The molecule has 7 rings (SSSR count). The van der Waals surface area contributed by atoms with Crippen LogP contribution in [-0.4, -0.2) is 9.79 Å². The van der Waals surface area contributed by atoms with Crippen molar-refractivity contribution in [2.24, 2.45) is 0 Å². The maximum absolute atomic E-state index is 2.50.